The van der Waals surface area contributed by atoms with Crippen LogP contribution in [-0.2, 0) is 19.5 Å². The number of carbonyl (C=O) groups is 1. The van der Waals surface area contributed by atoms with Gasteiger partial charge in [0, 0.05) is 26.2 Å². The third-order valence-electron chi connectivity index (χ3n) is 4.97. The van der Waals surface area contributed by atoms with Gasteiger partial charge in [0.25, 0.3) is 0 Å². The third kappa shape index (κ3) is 5.75. The summed E-state index contributed by atoms with van der Waals surface area (Å²) in [7, 11) is 0. The minimum Gasteiger partial charge on any atom is -0.334 e. The zero-order chi connectivity index (χ0) is 17.5. The molecule has 1 saturated heterocycles. The topological polar surface area (TPSA) is 58.4 Å². The highest BCUT2D eigenvalue weighted by molar-refractivity contribution is 5.85. The van der Waals surface area contributed by atoms with Crippen LogP contribution in [0.1, 0.15) is 29.5 Å². The fourth-order valence-electron chi connectivity index (χ4n) is 3.37. The Kier molecular flexibility index (Phi) is 7.95. The van der Waals surface area contributed by atoms with Crippen molar-refractivity contribution in [1.29, 1.82) is 0 Å². The van der Waals surface area contributed by atoms with Crippen LogP contribution in [0.2, 0.25) is 0 Å². The first-order valence-electron chi connectivity index (χ1n) is 9.09. The molecule has 2 aromatic rings. The summed E-state index contributed by atoms with van der Waals surface area (Å²) in [6.07, 6.45) is 3.27. The second-order valence-corrected chi connectivity index (χ2v) is 6.80. The van der Waals surface area contributed by atoms with Crippen LogP contribution < -0.4 is 11.1 Å². The molecule has 2 aromatic carbocycles. The van der Waals surface area contributed by atoms with Gasteiger partial charge >= 0.3 is 6.03 Å². The van der Waals surface area contributed by atoms with E-state index in [2.05, 4.69) is 35.6 Å². The summed E-state index contributed by atoms with van der Waals surface area (Å²) in [5, 5.41) is 3.03. The van der Waals surface area contributed by atoms with Crippen LogP contribution in [0.25, 0.3) is 0 Å². The predicted octanol–water partition coefficient (Wildman–Crippen LogP) is 3.73. The molecule has 1 aliphatic heterocycles. The maximum Gasteiger partial charge on any atom is 0.317 e. The molecule has 0 bridgehead atoms. The molecule has 3 N–H and O–H groups in total. The van der Waals surface area contributed by atoms with Crippen molar-refractivity contribution >= 4 is 18.4 Å². The minimum absolute atomic E-state index is 0. The first-order chi connectivity index (χ1) is 12.2. The lowest BCUT2D eigenvalue weighted by Gasteiger charge is -2.32. The van der Waals surface area contributed by atoms with E-state index in [4.69, 9.17) is 5.73 Å². The maximum atomic E-state index is 12.4. The van der Waals surface area contributed by atoms with Crippen molar-refractivity contribution in [2.75, 3.05) is 13.1 Å². The summed E-state index contributed by atoms with van der Waals surface area (Å²) < 4.78 is 0. The van der Waals surface area contributed by atoms with Crippen LogP contribution in [0.3, 0.4) is 0 Å². The van der Waals surface area contributed by atoms with Crippen molar-refractivity contribution in [2.24, 2.45) is 11.7 Å². The Bertz CT molecular complexity index is 667. The molecule has 4 nitrogen and oxygen atoms in total. The maximum absolute atomic E-state index is 12.4. The van der Waals surface area contributed by atoms with E-state index in [1.807, 2.05) is 29.2 Å². The van der Waals surface area contributed by atoms with Crippen molar-refractivity contribution in [3.05, 3.63) is 71.3 Å². The van der Waals surface area contributed by atoms with E-state index < -0.39 is 0 Å². The molecule has 1 fully saturated rings. The minimum atomic E-state index is 0. The molecule has 1 aliphatic rings. The van der Waals surface area contributed by atoms with Gasteiger partial charge in [-0.3, -0.25) is 0 Å². The van der Waals surface area contributed by atoms with Gasteiger partial charge < -0.3 is 16.0 Å². The lowest BCUT2D eigenvalue weighted by atomic mass is 9.90. The van der Waals surface area contributed by atoms with E-state index in [0.717, 1.165) is 43.5 Å². The van der Waals surface area contributed by atoms with Gasteiger partial charge in [0.15, 0.2) is 0 Å². The van der Waals surface area contributed by atoms with Crippen molar-refractivity contribution in [1.82, 2.24) is 10.2 Å². The molecule has 3 rings (SSSR count). The molecule has 0 aromatic heterocycles. The monoisotopic (exact) mass is 373 g/mol. The van der Waals surface area contributed by atoms with E-state index in [9.17, 15) is 4.79 Å². The van der Waals surface area contributed by atoms with E-state index >= 15 is 0 Å². The van der Waals surface area contributed by atoms with Gasteiger partial charge in [0.1, 0.15) is 0 Å². The van der Waals surface area contributed by atoms with Crippen LogP contribution >= 0.6 is 12.4 Å². The Balaban J connectivity index is 0.00000243. The molecular weight excluding hydrogens is 346 g/mol. The zero-order valence-corrected chi connectivity index (χ0v) is 15.9. The summed E-state index contributed by atoms with van der Waals surface area (Å²) in [4.78, 5) is 14.3. The number of amides is 2. The summed E-state index contributed by atoms with van der Waals surface area (Å²) >= 11 is 0. The van der Waals surface area contributed by atoms with Crippen LogP contribution in [0.5, 0.6) is 0 Å². The first-order valence-corrected chi connectivity index (χ1v) is 9.09. The van der Waals surface area contributed by atoms with Gasteiger partial charge in [-0.15, -0.1) is 12.4 Å². The standard InChI is InChI=1S/C21H27N3O.ClH/c22-15-19-6-8-20(9-7-19)16-23-21(25)24-12-10-18(11-13-24)14-17-4-2-1-3-5-17;/h1-9,18H,10-16,22H2,(H,23,25);1H. The second-order valence-electron chi connectivity index (χ2n) is 6.80. The van der Waals surface area contributed by atoms with Crippen molar-refractivity contribution in [2.45, 2.75) is 32.4 Å². The number of likely N-dealkylation sites (tertiary alicyclic amines) is 1. The number of piperidine rings is 1. The number of nitrogens with one attached hydrogen (secondary N) is 1. The van der Waals surface area contributed by atoms with Crippen molar-refractivity contribution in [3.63, 3.8) is 0 Å². The number of nitrogens with zero attached hydrogens (tertiary/aromatic N) is 1. The van der Waals surface area contributed by atoms with Gasteiger partial charge in [0.05, 0.1) is 0 Å². The van der Waals surface area contributed by atoms with E-state index in [-0.39, 0.29) is 18.4 Å². The van der Waals surface area contributed by atoms with E-state index in [1.54, 1.807) is 0 Å². The lowest BCUT2D eigenvalue weighted by molar-refractivity contribution is 0.170. The number of rotatable bonds is 5. The Morgan fingerprint density at radius 1 is 0.962 bits per heavy atom. The Morgan fingerprint density at radius 3 is 2.19 bits per heavy atom. The highest BCUT2D eigenvalue weighted by Gasteiger charge is 2.22. The molecule has 2 amide bonds. The van der Waals surface area contributed by atoms with Gasteiger partial charge in [-0.05, 0) is 41.9 Å². The SMILES string of the molecule is Cl.NCc1ccc(CNC(=O)N2CCC(Cc3ccccc3)CC2)cc1. The van der Waals surface area contributed by atoms with Crippen LogP contribution in [-0.4, -0.2) is 24.0 Å². The molecule has 26 heavy (non-hydrogen) atoms. The number of nitrogens with two attached hydrogens (primary N) is 1. The largest absolute Gasteiger partial charge is 0.334 e. The Morgan fingerprint density at radius 2 is 1.58 bits per heavy atom. The fraction of sp³-hybridized carbons (Fsp3) is 0.381. The highest BCUT2D eigenvalue weighted by Crippen LogP contribution is 2.21. The fourth-order valence-corrected chi connectivity index (χ4v) is 3.37. The molecule has 1 heterocycles. The predicted molar refractivity (Wildman–Crippen MR) is 108 cm³/mol. The summed E-state index contributed by atoms with van der Waals surface area (Å²) in [5.74, 6) is 0.676. The van der Waals surface area contributed by atoms with E-state index in [0.29, 0.717) is 19.0 Å². The summed E-state index contributed by atoms with van der Waals surface area (Å²) in [6.45, 7) is 2.79. The lowest BCUT2D eigenvalue weighted by Crippen LogP contribution is -2.44. The third-order valence-corrected chi connectivity index (χ3v) is 4.97. The molecule has 140 valence electrons. The Hall–Kier alpha value is -2.04. The second kappa shape index (κ2) is 10.2. The molecule has 0 unspecified atom stereocenters. The number of halogens is 1. The number of urea groups is 1. The molecule has 0 atom stereocenters. The molecule has 0 radical (unpaired) electrons. The van der Waals surface area contributed by atoms with Crippen LogP contribution in [0.4, 0.5) is 4.79 Å². The molecule has 0 spiro atoms. The molecule has 0 saturated carbocycles. The Labute approximate surface area is 162 Å². The normalized spacial score (nSPS) is 14.6. The van der Waals surface area contributed by atoms with Crippen molar-refractivity contribution < 1.29 is 4.79 Å². The van der Waals surface area contributed by atoms with E-state index in [1.165, 1.54) is 5.56 Å². The quantitative estimate of drug-likeness (QED) is 0.838. The average Bonchev–Trinajstić information content (AvgIpc) is 2.68. The summed E-state index contributed by atoms with van der Waals surface area (Å²) in [5.41, 5.74) is 9.21. The van der Waals surface area contributed by atoms with Gasteiger partial charge in [-0.1, -0.05) is 54.6 Å². The van der Waals surface area contributed by atoms with Gasteiger partial charge in [0.2, 0.25) is 0 Å². The molecular formula is C21H28ClN3O. The smallest absolute Gasteiger partial charge is 0.317 e. The first kappa shape index (κ1) is 20.3. The van der Waals surface area contributed by atoms with Gasteiger partial charge in [-0.25, -0.2) is 4.79 Å². The summed E-state index contributed by atoms with van der Waals surface area (Å²) in [6, 6.07) is 18.7. The van der Waals surface area contributed by atoms with Gasteiger partial charge in [-0.2, -0.15) is 0 Å². The molecule has 0 aliphatic carbocycles. The number of carbonyl (C=O) groups excluding carboxylic acids is 1. The highest BCUT2D eigenvalue weighted by atomic mass is 35.5. The molecule has 5 heteroatoms. The number of benzene rings is 2. The average molecular weight is 374 g/mol. The number of hydrogen-bond donors (Lipinski definition) is 2. The number of hydrogen-bond acceptors (Lipinski definition) is 2. The van der Waals surface area contributed by atoms with Crippen molar-refractivity contribution in [3.8, 4) is 0 Å². The zero-order valence-electron chi connectivity index (χ0n) is 15.1. The van der Waals surface area contributed by atoms with Crippen LogP contribution in [0, 0.1) is 5.92 Å². The van der Waals surface area contributed by atoms with Crippen LogP contribution in [0.15, 0.2) is 54.6 Å².